The Morgan fingerprint density at radius 2 is 2.10 bits per heavy atom. The van der Waals surface area contributed by atoms with Gasteiger partial charge >= 0.3 is 6.09 Å². The van der Waals surface area contributed by atoms with Crippen LogP contribution in [0.15, 0.2) is 60.6 Å². The standard InChI is InChI=1S/C28H35ClFN5O5/c1-8-9-18(34-26(36)40-27(3,4)5)12-17(2)32-24-22(30)14-31-25(35-24)33-19-10-11-21(29)23(13-19)37-15-20-16-38-28(6,7)39-20/h8-14,20H,1,15-16H2,2-7H3,(H,34,36)(H2,31,32,33,35)/b17-12+,18-9+. The zero-order chi connectivity index (χ0) is 29.5. The molecular weight excluding hydrogens is 541 g/mol. The smallest absolute Gasteiger partial charge is 0.412 e. The van der Waals surface area contributed by atoms with Gasteiger partial charge in [0, 0.05) is 23.1 Å². The number of anilines is 3. The van der Waals surface area contributed by atoms with Gasteiger partial charge in [-0.2, -0.15) is 4.98 Å². The number of benzene rings is 1. The molecule has 10 nitrogen and oxygen atoms in total. The Balaban J connectivity index is 1.68. The van der Waals surface area contributed by atoms with E-state index in [1.54, 1.807) is 58.0 Å². The summed E-state index contributed by atoms with van der Waals surface area (Å²) in [6.45, 7) is 15.0. The summed E-state index contributed by atoms with van der Waals surface area (Å²) in [6.07, 6.45) is 4.84. The number of aromatic nitrogens is 2. The van der Waals surface area contributed by atoms with Gasteiger partial charge in [-0.25, -0.2) is 14.2 Å². The highest BCUT2D eigenvalue weighted by atomic mass is 35.5. The monoisotopic (exact) mass is 575 g/mol. The van der Waals surface area contributed by atoms with Crippen LogP contribution < -0.4 is 20.7 Å². The van der Waals surface area contributed by atoms with Crippen molar-refractivity contribution >= 4 is 35.1 Å². The molecule has 3 rings (SSSR count). The molecule has 0 radical (unpaired) electrons. The van der Waals surface area contributed by atoms with E-state index in [4.69, 9.17) is 30.5 Å². The first-order valence-corrected chi connectivity index (χ1v) is 12.9. The molecule has 1 saturated heterocycles. The van der Waals surface area contributed by atoms with Crippen LogP contribution in [0.3, 0.4) is 0 Å². The maximum Gasteiger partial charge on any atom is 0.412 e. The second kappa shape index (κ2) is 13.1. The van der Waals surface area contributed by atoms with E-state index in [9.17, 15) is 9.18 Å². The molecule has 1 aliphatic rings. The van der Waals surface area contributed by atoms with Crippen molar-refractivity contribution in [2.45, 2.75) is 59.0 Å². The lowest BCUT2D eigenvalue weighted by Crippen LogP contribution is -2.31. The Hall–Kier alpha value is -3.67. The number of carbonyl (C=O) groups is 1. The van der Waals surface area contributed by atoms with E-state index in [0.29, 0.717) is 34.5 Å². The van der Waals surface area contributed by atoms with Crippen LogP contribution in [0.25, 0.3) is 0 Å². The summed E-state index contributed by atoms with van der Waals surface area (Å²) in [5.74, 6) is -0.841. The minimum atomic E-state index is -0.672. The average molecular weight is 576 g/mol. The number of carbonyl (C=O) groups excluding carboxylic acids is 1. The molecule has 0 saturated carbocycles. The van der Waals surface area contributed by atoms with Crippen LogP contribution in [-0.2, 0) is 14.2 Å². The van der Waals surface area contributed by atoms with Crippen molar-refractivity contribution in [1.29, 1.82) is 0 Å². The Labute approximate surface area is 238 Å². The van der Waals surface area contributed by atoms with Gasteiger partial charge in [-0.15, -0.1) is 0 Å². The molecule has 0 aliphatic carbocycles. The molecule has 0 bridgehead atoms. The van der Waals surface area contributed by atoms with Crippen LogP contribution in [-0.4, -0.2) is 46.8 Å². The average Bonchev–Trinajstić information content (AvgIpc) is 3.19. The van der Waals surface area contributed by atoms with Gasteiger partial charge in [0.05, 0.1) is 17.8 Å². The summed E-state index contributed by atoms with van der Waals surface area (Å²) in [5.41, 5.74) is 0.775. The number of halogens is 2. The van der Waals surface area contributed by atoms with Gasteiger partial charge in [-0.1, -0.05) is 24.3 Å². The molecule has 1 atom stereocenters. The van der Waals surface area contributed by atoms with E-state index in [2.05, 4.69) is 32.5 Å². The summed E-state index contributed by atoms with van der Waals surface area (Å²) in [4.78, 5) is 20.4. The molecule has 3 N–H and O–H groups in total. The molecule has 1 fully saturated rings. The molecule has 1 aromatic carbocycles. The molecule has 1 aromatic heterocycles. The zero-order valence-electron chi connectivity index (χ0n) is 23.4. The number of alkyl carbamates (subject to hydrolysis) is 1. The minimum absolute atomic E-state index is 0.0760. The van der Waals surface area contributed by atoms with E-state index < -0.39 is 23.3 Å². The third-order valence-corrected chi connectivity index (χ3v) is 5.37. The molecule has 12 heteroatoms. The summed E-state index contributed by atoms with van der Waals surface area (Å²) in [6, 6.07) is 5.06. The predicted molar refractivity (Wildman–Crippen MR) is 152 cm³/mol. The Bertz CT molecular complexity index is 1290. The van der Waals surface area contributed by atoms with Crippen LogP contribution in [0.5, 0.6) is 5.75 Å². The molecule has 216 valence electrons. The van der Waals surface area contributed by atoms with Gasteiger partial charge in [-0.3, -0.25) is 5.32 Å². The quantitative estimate of drug-likeness (QED) is 0.275. The van der Waals surface area contributed by atoms with E-state index in [0.717, 1.165) is 6.20 Å². The molecule has 1 amide bonds. The number of amides is 1. The van der Waals surface area contributed by atoms with Crippen LogP contribution in [0.1, 0.15) is 41.5 Å². The minimum Gasteiger partial charge on any atom is -0.489 e. The van der Waals surface area contributed by atoms with Gasteiger partial charge in [0.15, 0.2) is 17.4 Å². The largest absolute Gasteiger partial charge is 0.489 e. The summed E-state index contributed by atoms with van der Waals surface area (Å²) in [5, 5.41) is 8.94. The van der Waals surface area contributed by atoms with Crippen molar-refractivity contribution < 1.29 is 28.1 Å². The van der Waals surface area contributed by atoms with Crippen LogP contribution >= 0.6 is 11.6 Å². The molecule has 40 heavy (non-hydrogen) atoms. The lowest BCUT2D eigenvalue weighted by atomic mass is 10.2. The van der Waals surface area contributed by atoms with Crippen molar-refractivity contribution in [3.8, 4) is 5.75 Å². The van der Waals surface area contributed by atoms with E-state index >= 15 is 0 Å². The first-order chi connectivity index (χ1) is 18.7. The van der Waals surface area contributed by atoms with E-state index in [1.807, 2.05) is 13.8 Å². The summed E-state index contributed by atoms with van der Waals surface area (Å²) < 4.78 is 37.0. The van der Waals surface area contributed by atoms with Gasteiger partial charge in [-0.05, 0) is 65.8 Å². The highest BCUT2D eigenvalue weighted by Gasteiger charge is 2.33. The highest BCUT2D eigenvalue weighted by Crippen LogP contribution is 2.30. The van der Waals surface area contributed by atoms with E-state index in [-0.39, 0.29) is 24.5 Å². The van der Waals surface area contributed by atoms with Crippen molar-refractivity contribution in [1.82, 2.24) is 15.3 Å². The highest BCUT2D eigenvalue weighted by molar-refractivity contribution is 6.32. The fourth-order valence-corrected chi connectivity index (χ4v) is 3.67. The van der Waals surface area contributed by atoms with Gasteiger partial charge in [0.1, 0.15) is 24.1 Å². The second-order valence-corrected chi connectivity index (χ2v) is 10.8. The van der Waals surface area contributed by atoms with Gasteiger partial charge < -0.3 is 29.6 Å². The summed E-state index contributed by atoms with van der Waals surface area (Å²) in [7, 11) is 0. The number of rotatable bonds is 10. The van der Waals surface area contributed by atoms with E-state index in [1.165, 1.54) is 6.08 Å². The lowest BCUT2D eigenvalue weighted by molar-refractivity contribution is -0.141. The van der Waals surface area contributed by atoms with Crippen LogP contribution in [0.4, 0.5) is 26.6 Å². The maximum absolute atomic E-state index is 14.5. The van der Waals surface area contributed by atoms with Crippen molar-refractivity contribution in [3.05, 3.63) is 71.4 Å². The number of ether oxygens (including phenoxy) is 4. The first kappa shape index (κ1) is 30.9. The Morgan fingerprint density at radius 3 is 2.75 bits per heavy atom. The number of hydrogen-bond donors (Lipinski definition) is 3. The SMILES string of the molecule is C=C/C=C(\C=C(/C)Nc1nc(Nc2ccc(Cl)c(OCC3COC(C)(C)O3)c2)ncc1F)NC(=O)OC(C)(C)C. The van der Waals surface area contributed by atoms with Gasteiger partial charge in [0.25, 0.3) is 0 Å². The van der Waals surface area contributed by atoms with Crippen molar-refractivity contribution in [2.24, 2.45) is 0 Å². The lowest BCUT2D eigenvalue weighted by Gasteiger charge is -2.20. The topological polar surface area (TPSA) is 116 Å². The number of nitrogens with zero attached hydrogens (tertiary/aromatic N) is 2. The molecular formula is C28H35ClFN5O5. The number of allylic oxidation sites excluding steroid dienone is 4. The molecule has 2 heterocycles. The van der Waals surface area contributed by atoms with Gasteiger partial charge in [0.2, 0.25) is 5.95 Å². The second-order valence-electron chi connectivity index (χ2n) is 10.4. The number of hydrogen-bond acceptors (Lipinski definition) is 9. The Kier molecular flexibility index (Phi) is 10.1. The fraction of sp³-hybridized carbons (Fsp3) is 0.393. The first-order valence-electron chi connectivity index (χ1n) is 12.5. The zero-order valence-corrected chi connectivity index (χ0v) is 24.2. The van der Waals surface area contributed by atoms with Crippen LogP contribution in [0.2, 0.25) is 5.02 Å². The van der Waals surface area contributed by atoms with Crippen molar-refractivity contribution in [2.75, 3.05) is 23.8 Å². The molecule has 0 spiro atoms. The number of nitrogens with one attached hydrogen (secondary N) is 3. The third kappa shape index (κ3) is 9.82. The van der Waals surface area contributed by atoms with Crippen LogP contribution in [0, 0.1) is 5.82 Å². The Morgan fingerprint density at radius 1 is 1.35 bits per heavy atom. The molecule has 2 aromatic rings. The fourth-order valence-electron chi connectivity index (χ4n) is 3.49. The third-order valence-electron chi connectivity index (χ3n) is 5.05. The summed E-state index contributed by atoms with van der Waals surface area (Å²) >= 11 is 6.30. The maximum atomic E-state index is 14.5. The molecule has 1 unspecified atom stereocenters. The van der Waals surface area contributed by atoms with Crippen molar-refractivity contribution in [3.63, 3.8) is 0 Å². The molecule has 1 aliphatic heterocycles. The normalized spacial score (nSPS) is 17.2. The predicted octanol–water partition coefficient (Wildman–Crippen LogP) is 6.45.